The molecule has 1 atom stereocenters. The summed E-state index contributed by atoms with van der Waals surface area (Å²) in [4.78, 5) is 3.71. The summed E-state index contributed by atoms with van der Waals surface area (Å²) in [6.45, 7) is 0. The summed E-state index contributed by atoms with van der Waals surface area (Å²) in [5, 5.41) is 0. The van der Waals surface area contributed by atoms with E-state index in [1.54, 1.807) is 12.1 Å². The fraction of sp³-hybridized carbons (Fsp3) is 0.214. The minimum Gasteiger partial charge on any atom is -0.322 e. The summed E-state index contributed by atoms with van der Waals surface area (Å²) >= 11 is 3.23. The van der Waals surface area contributed by atoms with E-state index in [2.05, 4.69) is 20.9 Å². The highest BCUT2D eigenvalue weighted by molar-refractivity contribution is 9.10. The lowest BCUT2D eigenvalue weighted by atomic mass is 10.0. The summed E-state index contributed by atoms with van der Waals surface area (Å²) in [6, 6.07) is 5.88. The van der Waals surface area contributed by atoms with Gasteiger partial charge in [-0.1, -0.05) is 15.9 Å². The van der Waals surface area contributed by atoms with Crippen LogP contribution in [-0.4, -0.2) is 4.98 Å². The number of aromatic nitrogens is 1. The molecular formula is C14H11BrF4N2. The second-order valence-corrected chi connectivity index (χ2v) is 5.43. The lowest BCUT2D eigenvalue weighted by Crippen LogP contribution is -2.16. The third kappa shape index (κ3) is 4.01. The van der Waals surface area contributed by atoms with E-state index in [0.29, 0.717) is 10.0 Å². The normalized spacial score (nSPS) is 13.2. The van der Waals surface area contributed by atoms with Crippen LogP contribution >= 0.6 is 15.9 Å². The van der Waals surface area contributed by atoms with Crippen LogP contribution in [0.15, 0.2) is 41.0 Å². The summed E-state index contributed by atoms with van der Waals surface area (Å²) in [5.74, 6) is -0.416. The average Bonchev–Trinajstić information content (AvgIpc) is 2.42. The zero-order valence-corrected chi connectivity index (χ0v) is 12.2. The van der Waals surface area contributed by atoms with Crippen LogP contribution in [0.4, 0.5) is 17.6 Å². The van der Waals surface area contributed by atoms with Gasteiger partial charge in [-0.15, -0.1) is 0 Å². The van der Waals surface area contributed by atoms with Crippen LogP contribution in [0.3, 0.4) is 0 Å². The SMILES string of the molecule is NC(Cc1cc(Br)ccc1F)c1ccc(C(F)(F)F)cn1. The number of benzene rings is 1. The quantitative estimate of drug-likeness (QED) is 0.829. The Hall–Kier alpha value is -1.47. The van der Waals surface area contributed by atoms with Crippen LogP contribution in [0, 0.1) is 5.82 Å². The first kappa shape index (κ1) is 15.9. The van der Waals surface area contributed by atoms with Crippen molar-refractivity contribution >= 4 is 15.9 Å². The van der Waals surface area contributed by atoms with E-state index in [1.165, 1.54) is 12.1 Å². The molecule has 0 aliphatic heterocycles. The summed E-state index contributed by atoms with van der Waals surface area (Å²) in [5.41, 5.74) is 5.69. The number of rotatable bonds is 3. The van der Waals surface area contributed by atoms with Gasteiger partial charge < -0.3 is 5.73 Å². The van der Waals surface area contributed by atoms with Crippen molar-refractivity contribution < 1.29 is 17.6 Å². The maximum atomic E-state index is 13.6. The second kappa shape index (κ2) is 6.11. The molecule has 2 nitrogen and oxygen atoms in total. The first-order valence-corrected chi connectivity index (χ1v) is 6.79. The summed E-state index contributed by atoms with van der Waals surface area (Å²) in [7, 11) is 0. The van der Waals surface area contributed by atoms with Gasteiger partial charge in [-0.3, -0.25) is 4.98 Å². The molecule has 21 heavy (non-hydrogen) atoms. The fourth-order valence-corrected chi connectivity index (χ4v) is 2.24. The van der Waals surface area contributed by atoms with E-state index >= 15 is 0 Å². The maximum Gasteiger partial charge on any atom is 0.417 e. The number of nitrogens with two attached hydrogens (primary N) is 1. The lowest BCUT2D eigenvalue weighted by molar-refractivity contribution is -0.137. The van der Waals surface area contributed by atoms with Gasteiger partial charge in [-0.2, -0.15) is 13.2 Å². The molecule has 112 valence electrons. The van der Waals surface area contributed by atoms with E-state index in [4.69, 9.17) is 5.73 Å². The third-order valence-electron chi connectivity index (χ3n) is 2.94. The molecule has 2 rings (SSSR count). The molecule has 0 saturated heterocycles. The molecule has 2 aromatic rings. The molecule has 0 radical (unpaired) electrons. The van der Waals surface area contributed by atoms with Crippen LogP contribution in [0.1, 0.15) is 22.9 Å². The second-order valence-electron chi connectivity index (χ2n) is 4.52. The standard InChI is InChI=1S/C14H11BrF4N2/c15-10-2-3-11(16)8(5-10)6-12(20)13-4-1-9(7-21-13)14(17,18)19/h1-5,7,12H,6,20H2. The highest BCUT2D eigenvalue weighted by atomic mass is 79.9. The van der Waals surface area contributed by atoms with Crippen molar-refractivity contribution in [2.45, 2.75) is 18.6 Å². The molecule has 0 fully saturated rings. The van der Waals surface area contributed by atoms with Crippen molar-refractivity contribution in [3.05, 3.63) is 63.6 Å². The zero-order chi connectivity index (χ0) is 15.6. The summed E-state index contributed by atoms with van der Waals surface area (Å²) in [6.07, 6.45) is -3.57. The fourth-order valence-electron chi connectivity index (χ4n) is 1.83. The number of pyridine rings is 1. The average molecular weight is 363 g/mol. The Morgan fingerprint density at radius 1 is 1.19 bits per heavy atom. The van der Waals surface area contributed by atoms with Gasteiger partial charge in [0.25, 0.3) is 0 Å². The van der Waals surface area contributed by atoms with Gasteiger partial charge >= 0.3 is 6.18 Å². The van der Waals surface area contributed by atoms with Crippen molar-refractivity contribution in [2.75, 3.05) is 0 Å². The van der Waals surface area contributed by atoms with Crippen molar-refractivity contribution in [3.8, 4) is 0 Å². The highest BCUT2D eigenvalue weighted by Crippen LogP contribution is 2.29. The summed E-state index contributed by atoms with van der Waals surface area (Å²) < 4.78 is 51.6. The smallest absolute Gasteiger partial charge is 0.322 e. The van der Waals surface area contributed by atoms with Gasteiger partial charge in [-0.05, 0) is 42.3 Å². The van der Waals surface area contributed by atoms with E-state index in [1.807, 2.05) is 0 Å². The molecule has 0 bridgehead atoms. The van der Waals surface area contributed by atoms with Gasteiger partial charge in [0.2, 0.25) is 0 Å². The van der Waals surface area contributed by atoms with Crippen molar-refractivity contribution in [1.29, 1.82) is 0 Å². The molecule has 0 saturated carbocycles. The lowest BCUT2D eigenvalue weighted by Gasteiger charge is -2.13. The molecule has 2 N–H and O–H groups in total. The Kier molecular flexibility index (Phi) is 4.63. The zero-order valence-electron chi connectivity index (χ0n) is 10.7. The van der Waals surface area contributed by atoms with E-state index in [9.17, 15) is 17.6 Å². The number of nitrogens with zero attached hydrogens (tertiary/aromatic N) is 1. The van der Waals surface area contributed by atoms with Gasteiger partial charge in [0.1, 0.15) is 5.82 Å². The molecule has 1 unspecified atom stereocenters. The molecule has 0 aliphatic carbocycles. The van der Waals surface area contributed by atoms with Gasteiger partial charge in [0, 0.05) is 10.7 Å². The van der Waals surface area contributed by atoms with Crippen LogP contribution in [0.2, 0.25) is 0 Å². The monoisotopic (exact) mass is 362 g/mol. The van der Waals surface area contributed by atoms with Crippen molar-refractivity contribution in [3.63, 3.8) is 0 Å². The first-order chi connectivity index (χ1) is 9.77. The van der Waals surface area contributed by atoms with Gasteiger partial charge in [-0.25, -0.2) is 4.39 Å². The maximum absolute atomic E-state index is 13.6. The van der Waals surface area contributed by atoms with Crippen LogP contribution in [-0.2, 0) is 12.6 Å². The van der Waals surface area contributed by atoms with E-state index in [-0.39, 0.29) is 12.1 Å². The Balaban J connectivity index is 2.17. The van der Waals surface area contributed by atoms with Gasteiger partial charge in [0.15, 0.2) is 0 Å². The predicted molar refractivity (Wildman–Crippen MR) is 74.0 cm³/mol. The highest BCUT2D eigenvalue weighted by Gasteiger charge is 2.30. The third-order valence-corrected chi connectivity index (χ3v) is 3.43. The van der Waals surface area contributed by atoms with Crippen LogP contribution in [0.25, 0.3) is 0 Å². The van der Waals surface area contributed by atoms with E-state index < -0.39 is 23.6 Å². The minimum absolute atomic E-state index is 0.142. The minimum atomic E-state index is -4.44. The Morgan fingerprint density at radius 2 is 1.90 bits per heavy atom. The Morgan fingerprint density at radius 3 is 2.48 bits per heavy atom. The number of hydrogen-bond donors (Lipinski definition) is 1. The largest absolute Gasteiger partial charge is 0.417 e. The topological polar surface area (TPSA) is 38.9 Å². The number of hydrogen-bond acceptors (Lipinski definition) is 2. The molecule has 7 heteroatoms. The van der Waals surface area contributed by atoms with Crippen molar-refractivity contribution in [1.82, 2.24) is 4.98 Å². The molecule has 1 aromatic heterocycles. The number of alkyl halides is 3. The molecule has 1 aromatic carbocycles. The number of halogens is 5. The molecule has 0 aliphatic rings. The molecule has 0 amide bonds. The molecular weight excluding hydrogens is 352 g/mol. The molecule has 1 heterocycles. The van der Waals surface area contributed by atoms with E-state index in [0.717, 1.165) is 12.3 Å². The van der Waals surface area contributed by atoms with Crippen LogP contribution < -0.4 is 5.73 Å². The Labute approximate surface area is 127 Å². The van der Waals surface area contributed by atoms with Crippen LogP contribution in [0.5, 0.6) is 0 Å². The molecule has 0 spiro atoms. The van der Waals surface area contributed by atoms with Gasteiger partial charge in [0.05, 0.1) is 17.3 Å². The predicted octanol–water partition coefficient (Wildman–Crippen LogP) is 4.24. The first-order valence-electron chi connectivity index (χ1n) is 6.00. The van der Waals surface area contributed by atoms with Crippen molar-refractivity contribution in [2.24, 2.45) is 5.73 Å². The Bertz CT molecular complexity index is 626.